The topological polar surface area (TPSA) is 75.4 Å². The van der Waals surface area contributed by atoms with E-state index in [0.29, 0.717) is 25.3 Å². The number of carbonyl (C=O) groups is 2. The summed E-state index contributed by atoms with van der Waals surface area (Å²) in [5.41, 5.74) is 5.25. The normalized spacial score (nSPS) is 17.5. The van der Waals surface area contributed by atoms with Gasteiger partial charge in [0.2, 0.25) is 11.8 Å². The number of amides is 2. The molecule has 0 aromatic rings. The number of nitrogens with one attached hydrogen (secondary N) is 1. The minimum absolute atomic E-state index is 0.0504. The Labute approximate surface area is 115 Å². The van der Waals surface area contributed by atoms with Crippen LogP contribution in [0.25, 0.3) is 0 Å². The number of carbonyl (C=O) groups excluding carboxylic acids is 2. The van der Waals surface area contributed by atoms with Crippen LogP contribution < -0.4 is 11.1 Å². The summed E-state index contributed by atoms with van der Waals surface area (Å²) in [7, 11) is 0. The van der Waals surface area contributed by atoms with E-state index in [1.54, 1.807) is 0 Å². The van der Waals surface area contributed by atoms with Gasteiger partial charge in [0.25, 0.3) is 0 Å². The number of hydrogen-bond acceptors (Lipinski definition) is 3. The molecule has 0 spiro atoms. The summed E-state index contributed by atoms with van der Waals surface area (Å²) in [5, 5.41) is 3.32. The van der Waals surface area contributed by atoms with Gasteiger partial charge in [0.05, 0.1) is 0 Å². The van der Waals surface area contributed by atoms with Gasteiger partial charge >= 0.3 is 0 Å². The molecule has 0 radical (unpaired) electrons. The molecule has 0 saturated carbocycles. The zero-order valence-corrected chi connectivity index (χ0v) is 12.4. The van der Waals surface area contributed by atoms with Gasteiger partial charge in [-0.15, -0.1) is 0 Å². The van der Waals surface area contributed by atoms with Crippen LogP contribution in [0.5, 0.6) is 0 Å². The summed E-state index contributed by atoms with van der Waals surface area (Å²) >= 11 is 0. The molecule has 0 atom stereocenters. The van der Waals surface area contributed by atoms with Crippen molar-refractivity contribution in [2.24, 2.45) is 11.7 Å². The summed E-state index contributed by atoms with van der Waals surface area (Å²) < 4.78 is 0. The second-order valence-corrected chi connectivity index (χ2v) is 6.42. The lowest BCUT2D eigenvalue weighted by molar-refractivity contribution is -0.132. The van der Waals surface area contributed by atoms with Gasteiger partial charge in [0, 0.05) is 38.0 Å². The van der Waals surface area contributed by atoms with Crippen LogP contribution in [0.15, 0.2) is 0 Å². The average Bonchev–Trinajstić information content (AvgIpc) is 2.27. The fraction of sp³-hybridized carbons (Fsp3) is 0.857. The first-order valence-electron chi connectivity index (χ1n) is 7.09. The second kappa shape index (κ2) is 6.89. The summed E-state index contributed by atoms with van der Waals surface area (Å²) in [6.07, 6.45) is 2.77. The van der Waals surface area contributed by atoms with Gasteiger partial charge in [-0.25, -0.2) is 0 Å². The quantitative estimate of drug-likeness (QED) is 0.778. The third-order valence-electron chi connectivity index (χ3n) is 3.45. The molecule has 1 aliphatic heterocycles. The van der Waals surface area contributed by atoms with E-state index < -0.39 is 0 Å². The Bertz CT molecular complexity index is 315. The molecule has 19 heavy (non-hydrogen) atoms. The van der Waals surface area contributed by atoms with E-state index in [0.717, 1.165) is 25.9 Å². The van der Waals surface area contributed by atoms with Gasteiger partial charge in [-0.05, 0) is 39.5 Å². The molecule has 0 aromatic heterocycles. The monoisotopic (exact) mass is 269 g/mol. The SMILES string of the molecule is CC(C)(C)NCCC(=O)N1CCC(CC(N)=O)CC1. The first-order chi connectivity index (χ1) is 8.78. The summed E-state index contributed by atoms with van der Waals surface area (Å²) in [6.45, 7) is 8.49. The summed E-state index contributed by atoms with van der Waals surface area (Å²) in [4.78, 5) is 24.8. The average molecular weight is 269 g/mol. The number of likely N-dealkylation sites (tertiary alicyclic amines) is 1. The summed E-state index contributed by atoms with van der Waals surface area (Å²) in [6, 6.07) is 0. The molecule has 0 bridgehead atoms. The maximum absolute atomic E-state index is 12.0. The van der Waals surface area contributed by atoms with Gasteiger partial charge < -0.3 is 16.0 Å². The summed E-state index contributed by atoms with van der Waals surface area (Å²) in [5.74, 6) is 0.322. The van der Waals surface area contributed by atoms with Crippen LogP contribution in [0, 0.1) is 5.92 Å². The zero-order chi connectivity index (χ0) is 14.5. The highest BCUT2D eigenvalue weighted by Gasteiger charge is 2.23. The third kappa shape index (κ3) is 6.57. The lowest BCUT2D eigenvalue weighted by Gasteiger charge is -2.32. The minimum Gasteiger partial charge on any atom is -0.370 e. The van der Waals surface area contributed by atoms with Crippen molar-refractivity contribution in [1.82, 2.24) is 10.2 Å². The van der Waals surface area contributed by atoms with Crippen LogP contribution in [-0.4, -0.2) is 41.9 Å². The maximum atomic E-state index is 12.0. The highest BCUT2D eigenvalue weighted by molar-refractivity contribution is 5.76. The number of hydrogen-bond donors (Lipinski definition) is 2. The van der Waals surface area contributed by atoms with E-state index in [4.69, 9.17) is 5.73 Å². The van der Waals surface area contributed by atoms with Crippen molar-refractivity contribution < 1.29 is 9.59 Å². The second-order valence-electron chi connectivity index (χ2n) is 6.42. The van der Waals surface area contributed by atoms with Crippen LogP contribution in [0.3, 0.4) is 0 Å². The molecule has 3 N–H and O–H groups in total. The molecule has 1 heterocycles. The standard InChI is InChI=1S/C14H27N3O2/c1-14(2,3)16-7-4-13(19)17-8-5-11(6-9-17)10-12(15)18/h11,16H,4-10H2,1-3H3,(H2,15,18). The molecule has 2 amide bonds. The number of nitrogens with zero attached hydrogens (tertiary/aromatic N) is 1. The molecule has 5 heteroatoms. The Morgan fingerprint density at radius 1 is 1.26 bits per heavy atom. The van der Waals surface area contributed by atoms with Crippen molar-refractivity contribution in [1.29, 1.82) is 0 Å². The lowest BCUT2D eigenvalue weighted by Crippen LogP contribution is -2.42. The predicted octanol–water partition coefficient (Wildman–Crippen LogP) is 0.879. The van der Waals surface area contributed by atoms with Crippen molar-refractivity contribution in [2.75, 3.05) is 19.6 Å². The number of primary amides is 1. The molecular weight excluding hydrogens is 242 g/mol. The van der Waals surface area contributed by atoms with Gasteiger partial charge in [-0.2, -0.15) is 0 Å². The molecule has 110 valence electrons. The predicted molar refractivity (Wildman–Crippen MR) is 75.5 cm³/mol. The molecule has 0 aliphatic carbocycles. The number of nitrogens with two attached hydrogens (primary N) is 1. The number of piperidine rings is 1. The van der Waals surface area contributed by atoms with E-state index >= 15 is 0 Å². The highest BCUT2D eigenvalue weighted by atomic mass is 16.2. The van der Waals surface area contributed by atoms with E-state index in [1.165, 1.54) is 0 Å². The lowest BCUT2D eigenvalue weighted by atomic mass is 9.93. The van der Waals surface area contributed by atoms with Crippen LogP contribution in [-0.2, 0) is 9.59 Å². The van der Waals surface area contributed by atoms with Gasteiger partial charge in [-0.1, -0.05) is 0 Å². The fourth-order valence-electron chi connectivity index (χ4n) is 2.37. The van der Waals surface area contributed by atoms with Crippen molar-refractivity contribution >= 4 is 11.8 Å². The molecule has 5 nitrogen and oxygen atoms in total. The van der Waals surface area contributed by atoms with E-state index in [1.807, 2.05) is 4.90 Å². The van der Waals surface area contributed by atoms with Crippen molar-refractivity contribution in [3.05, 3.63) is 0 Å². The van der Waals surface area contributed by atoms with Crippen LogP contribution in [0.4, 0.5) is 0 Å². The Balaban J connectivity index is 2.23. The van der Waals surface area contributed by atoms with Gasteiger partial charge in [-0.3, -0.25) is 9.59 Å². The van der Waals surface area contributed by atoms with Crippen molar-refractivity contribution in [3.63, 3.8) is 0 Å². The molecule has 1 aliphatic rings. The Hall–Kier alpha value is -1.10. The van der Waals surface area contributed by atoms with Crippen LogP contribution in [0.1, 0.15) is 46.5 Å². The molecule has 0 unspecified atom stereocenters. The van der Waals surface area contributed by atoms with E-state index in [9.17, 15) is 9.59 Å². The first kappa shape index (κ1) is 16.0. The Morgan fingerprint density at radius 3 is 2.32 bits per heavy atom. The minimum atomic E-state index is -0.237. The number of rotatable bonds is 5. The first-order valence-corrected chi connectivity index (χ1v) is 7.09. The highest BCUT2D eigenvalue weighted by Crippen LogP contribution is 2.20. The third-order valence-corrected chi connectivity index (χ3v) is 3.45. The van der Waals surface area contributed by atoms with Crippen molar-refractivity contribution in [3.8, 4) is 0 Å². The molecule has 0 aromatic carbocycles. The Kier molecular flexibility index (Phi) is 5.79. The molecule has 1 rings (SSSR count). The fourth-order valence-corrected chi connectivity index (χ4v) is 2.37. The molecule has 1 fully saturated rings. The maximum Gasteiger partial charge on any atom is 0.223 e. The van der Waals surface area contributed by atoms with E-state index in [-0.39, 0.29) is 17.4 Å². The Morgan fingerprint density at radius 2 is 1.84 bits per heavy atom. The van der Waals surface area contributed by atoms with Gasteiger partial charge in [0.1, 0.15) is 0 Å². The van der Waals surface area contributed by atoms with E-state index in [2.05, 4.69) is 26.1 Å². The zero-order valence-electron chi connectivity index (χ0n) is 12.4. The van der Waals surface area contributed by atoms with Crippen molar-refractivity contribution in [2.45, 2.75) is 52.0 Å². The van der Waals surface area contributed by atoms with Gasteiger partial charge in [0.15, 0.2) is 0 Å². The van der Waals surface area contributed by atoms with Crippen LogP contribution in [0.2, 0.25) is 0 Å². The smallest absolute Gasteiger partial charge is 0.223 e. The van der Waals surface area contributed by atoms with Crippen LogP contribution >= 0.6 is 0 Å². The molecular formula is C14H27N3O2. The molecule has 1 saturated heterocycles. The largest absolute Gasteiger partial charge is 0.370 e.